The van der Waals surface area contributed by atoms with Crippen LogP contribution in [0.3, 0.4) is 0 Å². The minimum Gasteiger partial charge on any atom is -0.388 e. The molecule has 12 rings (SSSR count). The van der Waals surface area contributed by atoms with Crippen molar-refractivity contribution in [2.24, 2.45) is 0 Å². The van der Waals surface area contributed by atoms with Crippen molar-refractivity contribution in [3.05, 3.63) is 110 Å². The largest absolute Gasteiger partial charge is 0.388 e. The number of nitrogens with zero attached hydrogens (tertiary/aromatic N) is 4. The van der Waals surface area contributed by atoms with Gasteiger partial charge >= 0.3 is 284 Å². The van der Waals surface area contributed by atoms with Crippen molar-refractivity contribution < 1.29 is 4.90 Å². The summed E-state index contributed by atoms with van der Waals surface area (Å²) in [6.45, 7) is 23.0. The molecule has 12 aromatic heterocycles. The number of thiazole rings is 4. The summed E-state index contributed by atoms with van der Waals surface area (Å²) in [5.41, 5.74) is 12.3. The van der Waals surface area contributed by atoms with Gasteiger partial charge in [-0.05, 0) is 203 Å². The topological polar surface area (TPSA) is 71.8 Å². The Labute approximate surface area is 901 Å². The molecule has 1 radical (unpaired) electrons. The Kier molecular flexibility index (Phi) is 55.5. The van der Waals surface area contributed by atoms with Crippen molar-refractivity contribution in [3.8, 4) is 68.8 Å². The predicted molar refractivity (Wildman–Crippen MR) is 643 cm³/mol. The molecule has 0 spiro atoms. The molecule has 0 aliphatic rings. The molecule has 23 heteroatoms. The third-order valence-electron chi connectivity index (χ3n) is 26.0. The maximum atomic E-state index is 6.48. The average Bonchev–Trinajstić information content (AvgIpc) is 1.61. The van der Waals surface area contributed by atoms with Crippen molar-refractivity contribution in [1.29, 1.82) is 4.05 Å². The van der Waals surface area contributed by atoms with Crippen LogP contribution in [0.5, 0.6) is 0 Å². The van der Waals surface area contributed by atoms with E-state index in [-0.39, 0.29) is 0 Å². The summed E-state index contributed by atoms with van der Waals surface area (Å²) in [6.07, 6.45) is 74.3. The number of hydrogen-bond donors (Lipinski definition) is 1. The van der Waals surface area contributed by atoms with Crippen molar-refractivity contribution >= 4 is 246 Å². The summed E-state index contributed by atoms with van der Waals surface area (Å²) in [4.78, 5) is 62.1. The van der Waals surface area contributed by atoms with Crippen LogP contribution in [0.15, 0.2) is 56.1 Å². The third kappa shape index (κ3) is 40.3. The summed E-state index contributed by atoms with van der Waals surface area (Å²) in [7, 11) is -0.824. The van der Waals surface area contributed by atoms with E-state index in [4.69, 9.17) is 24.0 Å². The Morgan fingerprint density at radius 2 is 0.519 bits per heavy atom. The molecule has 0 saturated heterocycles. The van der Waals surface area contributed by atoms with Gasteiger partial charge in [0, 0.05) is 39.0 Å². The molecule has 0 aliphatic carbocycles. The van der Waals surface area contributed by atoms with Gasteiger partial charge in [0.05, 0.1) is 18.6 Å². The molecule has 135 heavy (non-hydrogen) atoms. The fourth-order valence-electron chi connectivity index (χ4n) is 17.8. The first-order chi connectivity index (χ1) is 66.9. The molecule has 0 aromatic carbocycles. The zero-order chi connectivity index (χ0) is 99.0. The molecule has 5 nitrogen and oxygen atoms in total. The normalized spacial score (nSPS) is 12.4. The smallest absolute Gasteiger partial charge is 0.214 e. The molecule has 0 saturated carbocycles. The van der Waals surface area contributed by atoms with E-state index in [0.29, 0.717) is 0 Å². The summed E-state index contributed by atoms with van der Waals surface area (Å²) in [5.74, 6) is 0. The second kappa shape index (κ2) is 66.1. The maximum Gasteiger partial charge on any atom is 0.214 e. The van der Waals surface area contributed by atoms with Crippen LogP contribution in [-0.2, 0) is 51.4 Å². The van der Waals surface area contributed by atoms with E-state index in [1.54, 1.807) is 28.0 Å². The van der Waals surface area contributed by atoms with Gasteiger partial charge in [0.15, 0.2) is 17.2 Å². The first-order valence-corrected chi connectivity index (χ1v) is 85.6. The number of hydrogen-bond acceptors (Lipinski definition) is 17. The van der Waals surface area contributed by atoms with Crippen LogP contribution < -0.4 is 5.79 Å². The number of fused-ring (bicyclic) bond motifs is 2. The Balaban J connectivity index is 0.000000241. The minimum atomic E-state index is -2.16. The van der Waals surface area contributed by atoms with Gasteiger partial charge in [-0.2, -0.15) is 0 Å². The molecule has 747 valence electrons. The maximum absolute atomic E-state index is 6.48. The van der Waals surface area contributed by atoms with Crippen molar-refractivity contribution in [1.82, 2.24) is 19.9 Å². The zero-order valence-corrected chi connectivity index (χ0v) is 106. The molecule has 0 aliphatic heterocycles. The quantitative estimate of drug-likeness (QED) is 0.0234. The Morgan fingerprint density at radius 3 is 0.830 bits per heavy atom. The van der Waals surface area contributed by atoms with E-state index in [1.165, 1.54) is 455 Å². The Hall–Kier alpha value is -0.348. The van der Waals surface area contributed by atoms with Crippen molar-refractivity contribution in [3.63, 3.8) is 0 Å². The molecule has 0 fully saturated rings. The second-order valence-electron chi connectivity index (χ2n) is 40.1. The van der Waals surface area contributed by atoms with Crippen LogP contribution in [-0.4, -0.2) is 73.2 Å². The van der Waals surface area contributed by atoms with E-state index in [2.05, 4.69) is 218 Å². The molecule has 12 heterocycles. The zero-order valence-electron chi connectivity index (χ0n) is 89.1. The van der Waals surface area contributed by atoms with E-state index in [9.17, 15) is 0 Å². The number of aryl methyl sites for hydroxylation is 10. The Morgan fingerprint density at radius 1 is 0.281 bits per heavy atom. The van der Waals surface area contributed by atoms with Crippen LogP contribution in [0.2, 0.25) is 29.6 Å². The van der Waals surface area contributed by atoms with Crippen LogP contribution in [0.25, 0.3) is 88.1 Å². The van der Waals surface area contributed by atoms with E-state index >= 15 is 0 Å². The van der Waals surface area contributed by atoms with Crippen molar-refractivity contribution in [2.45, 2.75) is 458 Å². The third-order valence-corrected chi connectivity index (χ3v) is 60.9. The van der Waals surface area contributed by atoms with Crippen LogP contribution >= 0.6 is 177 Å². The van der Waals surface area contributed by atoms with Gasteiger partial charge in [0.25, 0.3) is 0 Å². The number of rotatable bonds is 67. The van der Waals surface area contributed by atoms with Gasteiger partial charge in [0.2, 0.25) is 1.43 Å². The van der Waals surface area contributed by atoms with Crippen LogP contribution in [0.4, 0.5) is 0 Å². The van der Waals surface area contributed by atoms with E-state index < -0.39 is 45.4 Å². The molecule has 12 aromatic rings. The summed E-state index contributed by atoms with van der Waals surface area (Å²) >= 11 is 26.6. The number of unbranched alkanes of at least 4 members (excludes halogenated alkanes) is 40. The van der Waals surface area contributed by atoms with Gasteiger partial charge in [-0.25, -0.2) is 9.97 Å². The summed E-state index contributed by atoms with van der Waals surface area (Å²) in [5, 5.41) is 4.79. The fourth-order valence-corrected chi connectivity index (χ4v) is 43.7. The molecular formula is C112H171BBr2N4OPS12Sn2. The summed E-state index contributed by atoms with van der Waals surface area (Å²) < 4.78 is 24.8. The molecular weight excluding hydrogens is 2240 g/mol. The second-order valence-corrected chi connectivity index (χ2v) is 86.5. The van der Waals surface area contributed by atoms with Crippen LogP contribution in [0.1, 0.15) is 418 Å². The molecule has 1 atom stereocenters. The first-order valence-electron chi connectivity index (χ1n) is 54.8. The number of aromatic nitrogens is 4. The Bertz CT molecular complexity index is 5110. The fraction of sp³-hybridized carbons (Fsp3) is 0.643. The average molecular weight is 2420 g/mol. The van der Waals surface area contributed by atoms with Gasteiger partial charge in [-0.1, -0.05) is 257 Å². The van der Waals surface area contributed by atoms with Gasteiger partial charge in [-0.3, -0.25) is 0 Å². The van der Waals surface area contributed by atoms with Gasteiger partial charge in [0.1, 0.15) is 10.0 Å². The van der Waals surface area contributed by atoms with Crippen molar-refractivity contribution in [2.75, 3.05) is 0 Å². The van der Waals surface area contributed by atoms with E-state index in [0.717, 1.165) is 39.7 Å². The summed E-state index contributed by atoms with van der Waals surface area (Å²) in [6, 6.07) is 20.2. The molecule has 0 amide bonds. The monoisotopic (exact) mass is 2420 g/mol. The van der Waals surface area contributed by atoms with Crippen LogP contribution in [0, 0.1) is 13.8 Å². The van der Waals surface area contributed by atoms with E-state index in [1.807, 2.05) is 102 Å². The number of thiophene rings is 8. The molecule has 1 unspecified atom stereocenters. The first kappa shape index (κ1) is 113. The number of halogens is 2. The standard InChI is InChI=1S/C54H78N2S6.C28H36N2S4.C24H36Br2S2.6CH3.BH3OP.2Sn/c1-7-11-15-19-23-27-31-41-36-45(58-40(41)6)46-37-43(33-29-25-21-17-13-9-3)48(59-46)47-38-44(34-30-26-22-18-14-10-4)50(60-47)52-56-54-53(62-52)55-51(61-54)49-42(35-39(5)57-49)32-28-24-20-16-12-8-2;1-3-5-7-9-11-13-15-21-17-19-31-23(21)25-29-27-28(33-25)30-26(34-27)24-22(18-20-32-24)16-14-12-10-8-6-4-2;1-3-5-7-9-11-13-15-19-17-21(27-23(19)25)22-18-20(24(26)28-22)16-14-12-10-8-6-4-2;;;;;;;1-3-2;;/h35-38H,7-34H2,1-6H3;17-18H,3-16H2,1-2H3;17-18H,3-16H2,1-2H3;6*1H3;1-3H;;/i;;;;;;;;;1T,2T,3T;;. The van der Waals surface area contributed by atoms with Gasteiger partial charge in [-0.15, -0.1) is 68.0 Å². The van der Waals surface area contributed by atoms with Gasteiger partial charge < -0.3 is 4.90 Å². The molecule has 0 bridgehead atoms. The SMILES string of the molecule is CCCCCCCCc1c[c]([Sn]([CH3])([CH3])[CH3])sc1-c1nc2sc(-c3s[c]([Sn]([CH3])([CH3])[CH3])cc3CCCCCCCC)nc2s1.CCCCCCCCc1cc(-c2cc(CCCCCCCC)c(-c3cc(CCCCCCCC)c(-c4nc5sc(-c6sc(C)cc6CCCCCCCC)nc5s4)s3)s2)sc1C.CCCCCCCCc1cc(-c2cc(CCCCCCCC)c(Br)s2)sc1Br.[3H][B]P([3H])O[3H]. The predicted octanol–water partition coefficient (Wildman–Crippen LogP) is 43.2. The minimum absolute atomic E-state index is 0.794. The molecule has 1 N–H and O–H groups in total.